The Bertz CT molecular complexity index is 1500. The van der Waals surface area contributed by atoms with E-state index in [0.29, 0.717) is 18.7 Å². The Balaban J connectivity index is 1.41. The molecule has 0 saturated heterocycles. The van der Waals surface area contributed by atoms with Gasteiger partial charge in [0.15, 0.2) is 0 Å². The van der Waals surface area contributed by atoms with Crippen molar-refractivity contribution in [3.63, 3.8) is 0 Å². The summed E-state index contributed by atoms with van der Waals surface area (Å²) in [6.07, 6.45) is 5.03. The number of nitrogens with one attached hydrogen (secondary N) is 2. The fraction of sp³-hybridized carbons (Fsp3) is 0.370. The van der Waals surface area contributed by atoms with Crippen LogP contribution in [-0.4, -0.2) is 47.8 Å². The quantitative estimate of drug-likeness (QED) is 0.254. The maximum absolute atomic E-state index is 12.4. The first-order valence-electron chi connectivity index (χ1n) is 12.5. The Hall–Kier alpha value is -3.50. The first-order valence-corrected chi connectivity index (χ1v) is 13.9. The lowest BCUT2D eigenvalue weighted by molar-refractivity contribution is -0.133. The standard InChI is InChI=1S/C27H33N5O4S/c1-4-5-6-11-27(33)36-37(34,35)31-20-12-13-24-23(16-20)22(19(2)29-24)14-15-32(3)18-21-17-28-25-9-7-8-10-26(25)30-21/h7-10,12-13,16-17,29,31H,4-6,11,14-15,18H2,1-3H3. The summed E-state index contributed by atoms with van der Waals surface area (Å²) in [5.74, 6) is -0.751. The highest BCUT2D eigenvalue weighted by atomic mass is 32.2. The van der Waals surface area contributed by atoms with Crippen LogP contribution in [0.3, 0.4) is 0 Å². The number of hydrogen-bond acceptors (Lipinski definition) is 7. The Morgan fingerprint density at radius 3 is 2.70 bits per heavy atom. The van der Waals surface area contributed by atoms with Gasteiger partial charge in [-0.05, 0) is 62.7 Å². The van der Waals surface area contributed by atoms with Gasteiger partial charge in [-0.25, -0.2) is 4.98 Å². The number of aromatic amines is 1. The number of fused-ring (bicyclic) bond motifs is 2. The second-order valence-electron chi connectivity index (χ2n) is 9.30. The highest BCUT2D eigenvalue weighted by Crippen LogP contribution is 2.27. The molecule has 0 spiro atoms. The summed E-state index contributed by atoms with van der Waals surface area (Å²) >= 11 is 0. The van der Waals surface area contributed by atoms with E-state index < -0.39 is 16.3 Å². The second kappa shape index (κ2) is 11.7. The van der Waals surface area contributed by atoms with Crippen LogP contribution in [0.1, 0.15) is 49.6 Å². The normalized spacial score (nSPS) is 11.9. The van der Waals surface area contributed by atoms with Gasteiger partial charge in [0.05, 0.1) is 28.6 Å². The van der Waals surface area contributed by atoms with Crippen molar-refractivity contribution in [3.05, 3.63) is 65.6 Å². The molecule has 2 aromatic heterocycles. The lowest BCUT2D eigenvalue weighted by Crippen LogP contribution is -2.21. The van der Waals surface area contributed by atoms with Gasteiger partial charge in [-0.15, -0.1) is 0 Å². The number of rotatable bonds is 12. The van der Waals surface area contributed by atoms with Crippen LogP contribution >= 0.6 is 0 Å². The van der Waals surface area contributed by atoms with Crippen molar-refractivity contribution < 1.29 is 17.4 Å². The minimum absolute atomic E-state index is 0.0766. The molecule has 0 aliphatic carbocycles. The van der Waals surface area contributed by atoms with E-state index in [9.17, 15) is 13.2 Å². The molecule has 2 aromatic carbocycles. The van der Waals surface area contributed by atoms with Crippen molar-refractivity contribution in [1.82, 2.24) is 19.9 Å². The third-order valence-electron chi connectivity index (χ3n) is 6.22. The molecule has 2 N–H and O–H groups in total. The SMILES string of the molecule is CCCCCC(=O)OS(=O)(=O)Nc1ccc2[nH]c(C)c(CCN(C)Cc3cnc4ccccc4n3)c2c1. The molecule has 0 unspecified atom stereocenters. The van der Waals surface area contributed by atoms with Gasteiger partial charge >= 0.3 is 16.3 Å². The predicted octanol–water partition coefficient (Wildman–Crippen LogP) is 4.87. The number of benzene rings is 2. The fourth-order valence-electron chi connectivity index (χ4n) is 4.35. The van der Waals surface area contributed by atoms with Crippen molar-refractivity contribution in [2.45, 2.75) is 52.5 Å². The number of likely N-dealkylation sites (N-methyl/N-ethyl adjacent to an activating group) is 1. The zero-order chi connectivity index (χ0) is 26.4. The fourth-order valence-corrected chi connectivity index (χ4v) is 5.13. The molecule has 4 rings (SSSR count). The number of hydrogen-bond donors (Lipinski definition) is 2. The largest absolute Gasteiger partial charge is 0.409 e. The highest BCUT2D eigenvalue weighted by Gasteiger charge is 2.18. The van der Waals surface area contributed by atoms with E-state index >= 15 is 0 Å². The van der Waals surface area contributed by atoms with E-state index in [0.717, 1.165) is 64.7 Å². The first-order chi connectivity index (χ1) is 17.7. The third kappa shape index (κ3) is 7.05. The van der Waals surface area contributed by atoms with Crippen LogP contribution < -0.4 is 4.72 Å². The van der Waals surface area contributed by atoms with Crippen LogP contribution in [0.2, 0.25) is 0 Å². The van der Waals surface area contributed by atoms with E-state index in [-0.39, 0.29) is 6.42 Å². The first kappa shape index (κ1) is 26.6. The number of aromatic nitrogens is 3. The van der Waals surface area contributed by atoms with Crippen molar-refractivity contribution in [3.8, 4) is 0 Å². The molecule has 0 saturated carbocycles. The van der Waals surface area contributed by atoms with Crippen LogP contribution in [0, 0.1) is 6.92 Å². The minimum Gasteiger partial charge on any atom is -0.358 e. The van der Waals surface area contributed by atoms with Gasteiger partial charge in [-0.2, -0.15) is 8.42 Å². The zero-order valence-corrected chi connectivity index (χ0v) is 22.3. The molecule has 2 heterocycles. The summed E-state index contributed by atoms with van der Waals surface area (Å²) in [4.78, 5) is 26.6. The van der Waals surface area contributed by atoms with Crippen LogP contribution in [0.5, 0.6) is 0 Å². The molecule has 0 radical (unpaired) electrons. The van der Waals surface area contributed by atoms with Crippen LogP contribution in [0.4, 0.5) is 5.69 Å². The number of para-hydroxylation sites is 2. The van der Waals surface area contributed by atoms with Gasteiger partial charge in [0.1, 0.15) is 0 Å². The number of unbranched alkanes of at least 4 members (excludes halogenated alkanes) is 2. The summed E-state index contributed by atoms with van der Waals surface area (Å²) in [5, 5.41) is 0.922. The second-order valence-corrected chi connectivity index (χ2v) is 10.6. The Morgan fingerprint density at radius 2 is 1.92 bits per heavy atom. The molecular weight excluding hydrogens is 490 g/mol. The van der Waals surface area contributed by atoms with Crippen molar-refractivity contribution in [1.29, 1.82) is 0 Å². The van der Waals surface area contributed by atoms with E-state index in [4.69, 9.17) is 9.17 Å². The van der Waals surface area contributed by atoms with E-state index in [1.54, 1.807) is 12.1 Å². The molecule has 9 nitrogen and oxygen atoms in total. The lowest BCUT2D eigenvalue weighted by atomic mass is 10.1. The minimum atomic E-state index is -4.25. The van der Waals surface area contributed by atoms with Gasteiger partial charge in [0.25, 0.3) is 0 Å². The summed E-state index contributed by atoms with van der Waals surface area (Å²) in [6, 6.07) is 13.0. The number of H-pyrrole nitrogens is 1. The number of nitrogens with zero attached hydrogens (tertiary/aromatic N) is 3. The van der Waals surface area contributed by atoms with Gasteiger partial charge in [0, 0.05) is 36.1 Å². The maximum atomic E-state index is 12.4. The predicted molar refractivity (Wildman–Crippen MR) is 145 cm³/mol. The molecular formula is C27H33N5O4S. The summed E-state index contributed by atoms with van der Waals surface area (Å²) in [7, 11) is -2.22. The maximum Gasteiger partial charge on any atom is 0.409 e. The number of carbonyl (C=O) groups excluding carboxylic acids is 1. The van der Waals surface area contributed by atoms with E-state index in [1.807, 2.05) is 57.4 Å². The molecule has 0 bridgehead atoms. The summed E-state index contributed by atoms with van der Waals surface area (Å²) in [5.41, 5.74) is 6.03. The Morgan fingerprint density at radius 1 is 1.14 bits per heavy atom. The average molecular weight is 524 g/mol. The van der Waals surface area contributed by atoms with Crippen molar-refractivity contribution in [2.75, 3.05) is 18.3 Å². The van der Waals surface area contributed by atoms with Crippen molar-refractivity contribution >= 4 is 43.9 Å². The lowest BCUT2D eigenvalue weighted by Gasteiger charge is -2.16. The van der Waals surface area contributed by atoms with Gasteiger partial charge < -0.3 is 14.1 Å². The molecule has 37 heavy (non-hydrogen) atoms. The van der Waals surface area contributed by atoms with Gasteiger partial charge in [-0.1, -0.05) is 31.9 Å². The third-order valence-corrected chi connectivity index (χ3v) is 7.11. The molecule has 196 valence electrons. The summed E-state index contributed by atoms with van der Waals surface area (Å²) < 4.78 is 31.8. The topological polar surface area (TPSA) is 117 Å². The van der Waals surface area contributed by atoms with E-state index in [2.05, 4.69) is 19.6 Å². The molecule has 0 amide bonds. The number of aryl methyl sites for hydroxylation is 1. The molecule has 4 aromatic rings. The Kier molecular flexibility index (Phi) is 8.40. The van der Waals surface area contributed by atoms with Crippen LogP contribution in [0.15, 0.2) is 48.7 Å². The molecule has 10 heteroatoms. The van der Waals surface area contributed by atoms with Crippen LogP contribution in [-0.2, 0) is 32.2 Å². The molecule has 0 aliphatic heterocycles. The zero-order valence-electron chi connectivity index (χ0n) is 21.5. The van der Waals surface area contributed by atoms with E-state index in [1.165, 1.54) is 0 Å². The molecule has 0 fully saturated rings. The van der Waals surface area contributed by atoms with Crippen molar-refractivity contribution in [2.24, 2.45) is 0 Å². The smallest absolute Gasteiger partial charge is 0.358 e. The molecule has 0 atom stereocenters. The monoisotopic (exact) mass is 523 g/mol. The van der Waals surface area contributed by atoms with Crippen LogP contribution in [0.25, 0.3) is 21.9 Å². The molecule has 0 aliphatic rings. The van der Waals surface area contributed by atoms with Gasteiger partial charge in [0.2, 0.25) is 0 Å². The summed E-state index contributed by atoms with van der Waals surface area (Å²) in [6.45, 7) is 5.45. The average Bonchev–Trinajstić information content (AvgIpc) is 3.16. The number of anilines is 1. The van der Waals surface area contributed by atoms with Gasteiger partial charge in [-0.3, -0.25) is 14.5 Å². The highest BCUT2D eigenvalue weighted by molar-refractivity contribution is 7.88. The number of carbonyl (C=O) groups is 1. The Labute approximate surface area is 217 Å².